The highest BCUT2D eigenvalue weighted by atomic mass is 35.5. The molecular weight excluding hydrogens is 307 g/mol. The van der Waals surface area contributed by atoms with E-state index in [1.54, 1.807) is 0 Å². The Bertz CT molecular complexity index is 643. The highest BCUT2D eigenvalue weighted by Gasteiger charge is 2.20. The van der Waals surface area contributed by atoms with Gasteiger partial charge in [-0.1, -0.05) is 35.3 Å². The van der Waals surface area contributed by atoms with Crippen LogP contribution in [0.5, 0.6) is 5.75 Å². The Hall–Kier alpha value is -1.26. The van der Waals surface area contributed by atoms with E-state index in [0.717, 1.165) is 28.3 Å². The molecule has 0 aromatic heterocycles. The zero-order valence-corrected chi connectivity index (χ0v) is 12.9. The molecule has 1 unspecified atom stereocenters. The smallest absolute Gasteiger partial charge is 0.125 e. The molecule has 0 fully saturated rings. The Balaban J connectivity index is 1.89. The van der Waals surface area contributed by atoms with E-state index >= 15 is 0 Å². The lowest BCUT2D eigenvalue weighted by Crippen LogP contribution is -2.29. The van der Waals surface area contributed by atoms with E-state index in [1.807, 2.05) is 36.4 Å². The van der Waals surface area contributed by atoms with Crippen LogP contribution in [0.3, 0.4) is 0 Å². The molecule has 110 valence electrons. The van der Waals surface area contributed by atoms with Crippen LogP contribution in [-0.2, 0) is 12.8 Å². The summed E-state index contributed by atoms with van der Waals surface area (Å²) in [6.07, 6.45) is 1.62. The van der Waals surface area contributed by atoms with Gasteiger partial charge in [-0.15, -0.1) is 0 Å². The summed E-state index contributed by atoms with van der Waals surface area (Å²) in [6, 6.07) is 11.6. The number of ether oxygens (including phenoxy) is 1. The minimum Gasteiger partial charge on any atom is -0.493 e. The maximum atomic E-state index is 6.20. The predicted molar refractivity (Wildman–Crippen MR) is 85.9 cm³/mol. The topological polar surface area (TPSA) is 47.3 Å². The number of benzene rings is 2. The summed E-state index contributed by atoms with van der Waals surface area (Å²) in [6.45, 7) is 0.713. The SMILES string of the molecule is NNC(Cc1cc(Cl)cc2c1OCC2)c1ccc(Cl)cc1. The number of fused-ring (bicyclic) bond motifs is 1. The van der Waals surface area contributed by atoms with Crippen molar-refractivity contribution >= 4 is 23.2 Å². The van der Waals surface area contributed by atoms with Crippen LogP contribution in [0.1, 0.15) is 22.7 Å². The largest absolute Gasteiger partial charge is 0.493 e. The summed E-state index contributed by atoms with van der Waals surface area (Å²) in [7, 11) is 0. The Morgan fingerprint density at radius 3 is 2.62 bits per heavy atom. The molecular formula is C16H16Cl2N2O. The lowest BCUT2D eigenvalue weighted by atomic mass is 9.97. The summed E-state index contributed by atoms with van der Waals surface area (Å²) in [4.78, 5) is 0. The third-order valence-electron chi connectivity index (χ3n) is 3.72. The van der Waals surface area contributed by atoms with Crippen molar-refractivity contribution in [2.24, 2.45) is 5.84 Å². The molecule has 5 heteroatoms. The third-order valence-corrected chi connectivity index (χ3v) is 4.19. The van der Waals surface area contributed by atoms with E-state index in [-0.39, 0.29) is 6.04 Å². The minimum atomic E-state index is -0.0194. The highest BCUT2D eigenvalue weighted by molar-refractivity contribution is 6.31. The van der Waals surface area contributed by atoms with Gasteiger partial charge in [0.05, 0.1) is 12.6 Å². The van der Waals surface area contributed by atoms with Crippen LogP contribution in [-0.4, -0.2) is 6.61 Å². The quantitative estimate of drug-likeness (QED) is 0.666. The first-order chi connectivity index (χ1) is 10.2. The summed E-state index contributed by atoms with van der Waals surface area (Å²) < 4.78 is 5.74. The minimum absolute atomic E-state index is 0.0194. The zero-order valence-electron chi connectivity index (χ0n) is 11.4. The van der Waals surface area contributed by atoms with E-state index in [0.29, 0.717) is 18.1 Å². The average molecular weight is 323 g/mol. The molecule has 3 nitrogen and oxygen atoms in total. The Labute approximate surface area is 134 Å². The molecule has 2 aromatic rings. The third kappa shape index (κ3) is 3.16. The van der Waals surface area contributed by atoms with Gasteiger partial charge >= 0.3 is 0 Å². The van der Waals surface area contributed by atoms with Gasteiger partial charge in [-0.05, 0) is 47.4 Å². The van der Waals surface area contributed by atoms with Crippen LogP contribution in [0, 0.1) is 0 Å². The van der Waals surface area contributed by atoms with Crippen molar-refractivity contribution < 1.29 is 4.74 Å². The van der Waals surface area contributed by atoms with Gasteiger partial charge in [-0.25, -0.2) is 0 Å². The number of nitrogens with one attached hydrogen (secondary N) is 1. The molecule has 0 radical (unpaired) electrons. The first kappa shape index (κ1) is 14.7. The molecule has 3 rings (SSSR count). The maximum Gasteiger partial charge on any atom is 0.125 e. The first-order valence-corrected chi connectivity index (χ1v) is 7.58. The Morgan fingerprint density at radius 1 is 1.14 bits per heavy atom. The van der Waals surface area contributed by atoms with Gasteiger partial charge in [-0.2, -0.15) is 0 Å². The second kappa shape index (κ2) is 6.24. The van der Waals surface area contributed by atoms with Crippen LogP contribution >= 0.6 is 23.2 Å². The van der Waals surface area contributed by atoms with E-state index < -0.39 is 0 Å². The number of halogens is 2. The van der Waals surface area contributed by atoms with Crippen LogP contribution in [0.2, 0.25) is 10.0 Å². The molecule has 1 atom stereocenters. The van der Waals surface area contributed by atoms with Gasteiger partial charge in [0.25, 0.3) is 0 Å². The van der Waals surface area contributed by atoms with Crippen molar-refractivity contribution in [3.8, 4) is 5.75 Å². The van der Waals surface area contributed by atoms with E-state index in [1.165, 1.54) is 5.56 Å². The first-order valence-electron chi connectivity index (χ1n) is 6.83. The normalized spacial score (nSPS) is 14.6. The fraction of sp³-hybridized carbons (Fsp3) is 0.250. The molecule has 0 saturated carbocycles. The van der Waals surface area contributed by atoms with Crippen LogP contribution in [0.15, 0.2) is 36.4 Å². The highest BCUT2D eigenvalue weighted by Crippen LogP contribution is 2.35. The van der Waals surface area contributed by atoms with E-state index in [2.05, 4.69) is 5.43 Å². The molecule has 1 aliphatic heterocycles. The average Bonchev–Trinajstić information content (AvgIpc) is 2.94. The molecule has 0 aliphatic carbocycles. The van der Waals surface area contributed by atoms with Crippen molar-refractivity contribution in [1.29, 1.82) is 0 Å². The van der Waals surface area contributed by atoms with Gasteiger partial charge in [0, 0.05) is 16.5 Å². The number of nitrogens with two attached hydrogens (primary N) is 1. The molecule has 3 N–H and O–H groups in total. The number of hydrazine groups is 1. The molecule has 21 heavy (non-hydrogen) atoms. The second-order valence-corrected chi connectivity index (χ2v) is 6.00. The Morgan fingerprint density at radius 2 is 1.90 bits per heavy atom. The molecule has 1 aliphatic rings. The fourth-order valence-corrected chi connectivity index (χ4v) is 3.08. The molecule has 2 aromatic carbocycles. The van der Waals surface area contributed by atoms with Gasteiger partial charge in [0.1, 0.15) is 5.75 Å². The van der Waals surface area contributed by atoms with E-state index in [9.17, 15) is 0 Å². The maximum absolute atomic E-state index is 6.20. The van der Waals surface area contributed by atoms with Gasteiger partial charge < -0.3 is 4.74 Å². The molecule has 1 heterocycles. The molecule has 0 spiro atoms. The van der Waals surface area contributed by atoms with Crippen molar-refractivity contribution in [3.63, 3.8) is 0 Å². The van der Waals surface area contributed by atoms with Crippen molar-refractivity contribution in [2.45, 2.75) is 18.9 Å². The summed E-state index contributed by atoms with van der Waals surface area (Å²) in [5.41, 5.74) is 6.18. The summed E-state index contributed by atoms with van der Waals surface area (Å²) >= 11 is 12.1. The second-order valence-electron chi connectivity index (χ2n) is 5.13. The van der Waals surface area contributed by atoms with Gasteiger partial charge in [0.15, 0.2) is 0 Å². The van der Waals surface area contributed by atoms with Gasteiger partial charge in [-0.3, -0.25) is 11.3 Å². The van der Waals surface area contributed by atoms with Gasteiger partial charge in [0.2, 0.25) is 0 Å². The lowest BCUT2D eigenvalue weighted by Gasteiger charge is -2.18. The van der Waals surface area contributed by atoms with Crippen molar-refractivity contribution in [3.05, 3.63) is 63.1 Å². The molecule has 0 saturated heterocycles. The van der Waals surface area contributed by atoms with Crippen molar-refractivity contribution in [1.82, 2.24) is 5.43 Å². The van der Waals surface area contributed by atoms with Crippen LogP contribution in [0.25, 0.3) is 0 Å². The predicted octanol–water partition coefficient (Wildman–Crippen LogP) is 3.68. The van der Waals surface area contributed by atoms with E-state index in [4.69, 9.17) is 33.8 Å². The number of rotatable bonds is 4. The number of hydrogen-bond acceptors (Lipinski definition) is 3. The summed E-state index contributed by atoms with van der Waals surface area (Å²) in [5, 5.41) is 1.45. The Kier molecular flexibility index (Phi) is 4.36. The van der Waals surface area contributed by atoms with Crippen LogP contribution < -0.4 is 16.0 Å². The molecule has 0 bridgehead atoms. The zero-order chi connectivity index (χ0) is 14.8. The standard InChI is InChI=1S/C16H16Cl2N2O/c17-13-3-1-10(2-4-13)15(20-19)9-12-8-14(18)7-11-5-6-21-16(11)12/h1-4,7-8,15,20H,5-6,9,19H2. The molecule has 0 amide bonds. The van der Waals surface area contributed by atoms with Crippen LogP contribution in [0.4, 0.5) is 0 Å². The fourth-order valence-electron chi connectivity index (χ4n) is 2.69. The monoisotopic (exact) mass is 322 g/mol. The van der Waals surface area contributed by atoms with Crippen molar-refractivity contribution in [2.75, 3.05) is 6.61 Å². The lowest BCUT2D eigenvalue weighted by molar-refractivity contribution is 0.351. The number of hydrogen-bond donors (Lipinski definition) is 2. The summed E-state index contributed by atoms with van der Waals surface area (Å²) in [5.74, 6) is 6.67.